The van der Waals surface area contributed by atoms with Crippen LogP contribution in [0.5, 0.6) is 0 Å². The van der Waals surface area contributed by atoms with Crippen molar-refractivity contribution in [2.45, 2.75) is 121 Å². The molecule has 3 N–H and O–H groups in total. The monoisotopic (exact) mass is 1600 g/mol. The molecule has 5 aliphatic heterocycles. The Balaban J connectivity index is 0.000000552. The summed E-state index contributed by atoms with van der Waals surface area (Å²) in [5.41, 5.74) is 12.2. The van der Waals surface area contributed by atoms with E-state index in [0.29, 0.717) is 59.6 Å². The number of para-hydroxylation sites is 2. The predicted molar refractivity (Wildman–Crippen MR) is 379 cm³/mol. The van der Waals surface area contributed by atoms with Crippen molar-refractivity contribution >= 4 is 121 Å². The van der Waals surface area contributed by atoms with Crippen molar-refractivity contribution in [3.8, 4) is 0 Å². The van der Waals surface area contributed by atoms with E-state index in [1.165, 1.54) is 34.7 Å². The number of hydrogen-bond donors (Lipinski definition) is 3. The Morgan fingerprint density at radius 1 is 0.670 bits per heavy atom. The molecule has 5 aromatic rings. The summed E-state index contributed by atoms with van der Waals surface area (Å²) < 4.78 is 166. The quantitative estimate of drug-likeness (QED) is 0.0176. The Morgan fingerprint density at radius 3 is 1.80 bits per heavy atom. The molecule has 540 valence electrons. The fourth-order valence-corrected chi connectivity index (χ4v) is 13.8. The summed E-state index contributed by atoms with van der Waals surface area (Å²) in [4.78, 5) is 4.89. The molecule has 0 bridgehead atoms. The molecule has 0 aliphatic carbocycles. The fourth-order valence-electron chi connectivity index (χ4n) is 11.7. The van der Waals surface area contributed by atoms with Crippen molar-refractivity contribution < 1.29 is 189 Å². The molecule has 10 rings (SSSR count). The number of allylic oxidation sites excluding steroid dienone is 6. The zero-order valence-corrected chi connectivity index (χ0v) is 71.7. The summed E-state index contributed by atoms with van der Waals surface area (Å²) in [6, 6.07) is 42.5. The average Bonchev–Trinajstić information content (AvgIpc) is 1.61. The molecule has 33 heteroatoms. The maximum atomic E-state index is 11.9. The minimum absolute atomic E-state index is 0. The first kappa shape index (κ1) is 94.7. The Bertz CT molecular complexity index is 4650. The van der Waals surface area contributed by atoms with Crippen LogP contribution in [0.15, 0.2) is 189 Å². The van der Waals surface area contributed by atoms with E-state index in [1.54, 1.807) is 12.3 Å². The van der Waals surface area contributed by atoms with Crippen LogP contribution in [0, 0.1) is 12.1 Å². The molecule has 0 amide bonds. The van der Waals surface area contributed by atoms with Gasteiger partial charge in [-0.1, -0.05) is 132 Å². The van der Waals surface area contributed by atoms with E-state index in [2.05, 4.69) is 91.3 Å². The largest absolute Gasteiger partial charge is 1.00 e. The van der Waals surface area contributed by atoms with Crippen LogP contribution in [0.1, 0.15) is 117 Å². The summed E-state index contributed by atoms with van der Waals surface area (Å²) in [5, 5.41) is 4.28. The molecule has 0 saturated heterocycles. The van der Waals surface area contributed by atoms with Gasteiger partial charge in [-0.3, -0.25) is 4.55 Å². The van der Waals surface area contributed by atoms with Crippen molar-refractivity contribution in [2.75, 3.05) is 54.6 Å². The van der Waals surface area contributed by atoms with Gasteiger partial charge in [0, 0.05) is 95.4 Å². The first-order valence-corrected chi connectivity index (χ1v) is 38.7. The van der Waals surface area contributed by atoms with Gasteiger partial charge in [-0.05, 0) is 73.7 Å². The first-order chi connectivity index (χ1) is 46.5. The number of rotatable bonds is 22. The molecule has 0 radical (unpaired) electrons. The van der Waals surface area contributed by atoms with Gasteiger partial charge in [0.05, 0.1) is 36.4 Å². The van der Waals surface area contributed by atoms with Gasteiger partial charge in [-0.15, -0.1) is 37.4 Å². The molecule has 0 unspecified atom stereocenters. The molecule has 5 heterocycles. The van der Waals surface area contributed by atoms with Crippen LogP contribution < -0.4 is 116 Å². The zero-order chi connectivity index (χ0) is 73.1. The number of nitrogens with zero attached hydrogens (tertiary/aromatic N) is 3. The Hall–Kier alpha value is -4.41. The number of ether oxygens (including phenoxy) is 2. The number of benzene rings is 5. The normalized spacial score (nSPS) is 16.9. The molecular weight excluding hydrogens is 1520 g/mol. The molecule has 0 saturated carbocycles. The minimum atomic E-state index is -4.68. The fraction of sp³-hybridized carbons (Fsp3) is 0.357. The molecular formula is C70H80Cl3N5Na3O17S5+. The average molecular weight is 1600 g/mol. The third-order valence-corrected chi connectivity index (χ3v) is 20.3. The van der Waals surface area contributed by atoms with Gasteiger partial charge in [0.15, 0.2) is 23.4 Å². The first-order valence-electron chi connectivity index (χ1n) is 31.4. The predicted octanol–water partition coefficient (Wildman–Crippen LogP) is -1.57. The Kier molecular flexibility index (Phi) is 39.5. The summed E-state index contributed by atoms with van der Waals surface area (Å²) in [7, 11) is -19.1. The molecule has 5 aromatic carbocycles. The number of nitrogens with one attached hydrogen (secondary N) is 2. The molecule has 0 spiro atoms. The number of halogens is 3. The maximum absolute atomic E-state index is 11.9. The van der Waals surface area contributed by atoms with Crippen molar-refractivity contribution in [1.29, 1.82) is 0 Å². The van der Waals surface area contributed by atoms with Gasteiger partial charge in [0.1, 0.15) is 53.6 Å². The standard InChI is InChI=1S/C37H45ClN2O7S2.C18H15ClN2O.C15H21NO3S.ClH.3Na.2O3S/c1-6-7-10-21-39-30-14-9-8-13-28(30)36(2,3)34(39)20-18-32-35(38)26(25-47-32)15-19-33-37(4,5)29-24-27(49(44,45)46)16-17-31(29)40(33)22-11-12-23-48(41,42)43;19-18-14(11-20-15-7-3-1-4-8-15)13-22-17(18)12-21-16-9-5-2-6-10-16;1-12-15(2,3)13-8-4-5-9-14(13)16(12)10-6-7-11-20(17,18)19;;;;;2*1-4(2)3/h9,13-20,24H,6-7,10-12,21-23,25H2,1-5H3,(H,41,42,43)(H,44,45,46);1-12,21H,13H2;5,8-9H,6-7,10-11H2,1-3H3,(H,17,18,19);1H;;;;;/q;;;;3*+1;;/p-2. The molecule has 22 nitrogen and oxygen atoms in total. The molecule has 0 aromatic heterocycles. The van der Waals surface area contributed by atoms with Gasteiger partial charge in [0.25, 0.3) is 10.1 Å². The third kappa shape index (κ3) is 27.6. The molecule has 103 heavy (non-hydrogen) atoms. The number of anilines is 2. The van der Waals surface area contributed by atoms with E-state index < -0.39 is 57.0 Å². The van der Waals surface area contributed by atoms with Crippen LogP contribution in [0.3, 0.4) is 0 Å². The maximum Gasteiger partial charge on any atom is 1.00 e. The van der Waals surface area contributed by atoms with Crippen LogP contribution in [-0.2, 0) is 77.3 Å². The summed E-state index contributed by atoms with van der Waals surface area (Å²) in [6.07, 6.45) is 16.6. The summed E-state index contributed by atoms with van der Waals surface area (Å²) in [6.45, 7) is 19.7. The van der Waals surface area contributed by atoms with Gasteiger partial charge >= 0.3 is 110 Å². The van der Waals surface area contributed by atoms with E-state index in [4.69, 9.17) is 57.9 Å². The van der Waals surface area contributed by atoms with Crippen molar-refractivity contribution in [3.05, 3.63) is 213 Å². The van der Waals surface area contributed by atoms with E-state index >= 15 is 0 Å². The van der Waals surface area contributed by atoms with Crippen LogP contribution in [0.25, 0.3) is 0 Å². The van der Waals surface area contributed by atoms with Crippen LogP contribution >= 0.6 is 23.2 Å². The van der Waals surface area contributed by atoms with Crippen molar-refractivity contribution in [3.63, 3.8) is 0 Å². The minimum Gasteiger partial charge on any atom is -1.00 e. The van der Waals surface area contributed by atoms with Gasteiger partial charge in [-0.25, -0.2) is 31.0 Å². The van der Waals surface area contributed by atoms with E-state index in [-0.39, 0.29) is 141 Å². The van der Waals surface area contributed by atoms with E-state index in [0.717, 1.165) is 77.7 Å². The molecule has 0 fully saturated rings. The van der Waals surface area contributed by atoms with Crippen LogP contribution in [-0.4, -0.2) is 135 Å². The molecule has 0 atom stereocenters. The van der Waals surface area contributed by atoms with Crippen molar-refractivity contribution in [2.24, 2.45) is 0 Å². The summed E-state index contributed by atoms with van der Waals surface area (Å²) in [5.74, 6) is 0.566. The third-order valence-electron chi connectivity index (χ3n) is 17.0. The zero-order valence-electron chi connectivity index (χ0n) is 59.3. The van der Waals surface area contributed by atoms with Crippen LogP contribution in [0.4, 0.5) is 28.4 Å². The summed E-state index contributed by atoms with van der Waals surface area (Å²) >= 11 is 13.3. The Morgan fingerprint density at radius 2 is 1.22 bits per heavy atom. The van der Waals surface area contributed by atoms with Crippen LogP contribution in [0.2, 0.25) is 0 Å². The van der Waals surface area contributed by atoms with E-state index in [1.807, 2.05) is 128 Å². The van der Waals surface area contributed by atoms with Crippen molar-refractivity contribution in [1.82, 2.24) is 0 Å². The number of hydrogen-bond acceptors (Lipinski definition) is 18. The van der Waals surface area contributed by atoms with Gasteiger partial charge in [-0.2, -0.15) is 44.8 Å². The Labute approximate surface area is 691 Å². The second-order valence-electron chi connectivity index (χ2n) is 24.7. The second-order valence-corrected chi connectivity index (χ2v) is 30.8. The smallest absolute Gasteiger partial charge is 1.00 e. The van der Waals surface area contributed by atoms with E-state index in [9.17, 15) is 38.9 Å². The van der Waals surface area contributed by atoms with Gasteiger partial charge in [0.2, 0.25) is 5.69 Å². The number of unbranched alkanes of at least 4 members (excludes halogenated alkanes) is 4. The van der Waals surface area contributed by atoms with Gasteiger partial charge < -0.3 is 41.2 Å². The SMILES string of the molecule is CC1=[N+](CCCCS(=O)(=O)[O-])c2cc[c-]cc2C1(C)C.CCCCC[N+]1=C(/C=C/C2=C(Cl)C(=C/C=C3/N(CCCCS(=O)(=O)O)c4ccc(S(=O)(=O)[O-])cc4C3(C)C)/CO2)C(C)(C)c2c[c-]ccc21.ClC1=C(C=[NH+]c2ccccc2)COC1=CNc1ccccc1.O=S(=O)=O.O=S(=O)=O.[Cl-].[Na+].[Na+].[Na+]. The number of fused-ring (bicyclic) bond motifs is 3. The second kappa shape index (κ2) is 43.0. The molecule has 5 aliphatic rings. The topological polar surface area (TPSA) is 325 Å².